The SMILES string of the molecule is COC(=O)c1ccc2nc(N)sc2c1. The number of benzene rings is 1. The molecule has 0 radical (unpaired) electrons. The molecule has 2 rings (SSSR count). The minimum Gasteiger partial charge on any atom is -0.465 e. The van der Waals surface area contributed by atoms with Crippen molar-refractivity contribution >= 4 is 32.7 Å². The molecule has 0 amide bonds. The van der Waals surface area contributed by atoms with Crippen molar-refractivity contribution < 1.29 is 9.53 Å². The van der Waals surface area contributed by atoms with Crippen LogP contribution in [0.3, 0.4) is 0 Å². The van der Waals surface area contributed by atoms with E-state index in [9.17, 15) is 4.79 Å². The van der Waals surface area contributed by atoms with Gasteiger partial charge < -0.3 is 10.5 Å². The van der Waals surface area contributed by atoms with E-state index in [-0.39, 0.29) is 5.97 Å². The van der Waals surface area contributed by atoms with Crippen LogP contribution in [0.5, 0.6) is 0 Å². The zero-order chi connectivity index (χ0) is 10.1. The first-order valence-electron chi connectivity index (χ1n) is 3.95. The Bertz CT molecular complexity index is 493. The summed E-state index contributed by atoms with van der Waals surface area (Å²) in [5.74, 6) is -0.348. The van der Waals surface area contributed by atoms with Crippen LogP contribution in [-0.4, -0.2) is 18.1 Å². The first-order chi connectivity index (χ1) is 6.70. The van der Waals surface area contributed by atoms with Crippen molar-refractivity contribution in [1.29, 1.82) is 0 Å². The summed E-state index contributed by atoms with van der Waals surface area (Å²) in [5, 5.41) is 0.502. The van der Waals surface area contributed by atoms with Crippen LogP contribution in [0.15, 0.2) is 18.2 Å². The molecule has 0 bridgehead atoms. The third kappa shape index (κ3) is 1.42. The topological polar surface area (TPSA) is 65.2 Å². The molecule has 1 heterocycles. The summed E-state index contributed by atoms with van der Waals surface area (Å²) < 4.78 is 5.50. The van der Waals surface area contributed by atoms with Crippen LogP contribution < -0.4 is 5.73 Å². The summed E-state index contributed by atoms with van der Waals surface area (Å²) in [6, 6.07) is 5.16. The van der Waals surface area contributed by atoms with Gasteiger partial charge in [0.25, 0.3) is 0 Å². The second-order valence-electron chi connectivity index (χ2n) is 2.73. The number of carbonyl (C=O) groups is 1. The highest BCUT2D eigenvalue weighted by atomic mass is 32.1. The molecular weight excluding hydrogens is 200 g/mol. The van der Waals surface area contributed by atoms with Gasteiger partial charge in [-0.3, -0.25) is 0 Å². The number of nitrogens with two attached hydrogens (primary N) is 1. The molecular formula is C9H8N2O2S. The molecule has 0 spiro atoms. The molecule has 4 nitrogen and oxygen atoms in total. The lowest BCUT2D eigenvalue weighted by molar-refractivity contribution is 0.0601. The predicted molar refractivity (Wildman–Crippen MR) is 55.4 cm³/mol. The predicted octanol–water partition coefficient (Wildman–Crippen LogP) is 1.67. The van der Waals surface area contributed by atoms with Crippen LogP contribution in [0.4, 0.5) is 5.13 Å². The van der Waals surface area contributed by atoms with Crippen molar-refractivity contribution in [2.45, 2.75) is 0 Å². The quantitative estimate of drug-likeness (QED) is 0.724. The molecule has 0 aliphatic rings. The molecule has 0 aliphatic heterocycles. The number of fused-ring (bicyclic) bond motifs is 1. The molecule has 0 saturated heterocycles. The van der Waals surface area contributed by atoms with Crippen molar-refractivity contribution in [3.8, 4) is 0 Å². The van der Waals surface area contributed by atoms with E-state index in [1.807, 2.05) is 0 Å². The second kappa shape index (κ2) is 3.26. The lowest BCUT2D eigenvalue weighted by Crippen LogP contribution is -1.99. The maximum absolute atomic E-state index is 11.2. The normalized spacial score (nSPS) is 10.4. The molecule has 0 atom stereocenters. The van der Waals surface area contributed by atoms with Crippen LogP contribution >= 0.6 is 11.3 Å². The number of thiazole rings is 1. The van der Waals surface area contributed by atoms with Gasteiger partial charge in [0, 0.05) is 0 Å². The minimum atomic E-state index is -0.348. The Morgan fingerprint density at radius 2 is 2.36 bits per heavy atom. The van der Waals surface area contributed by atoms with Gasteiger partial charge in [-0.2, -0.15) is 0 Å². The van der Waals surface area contributed by atoms with Gasteiger partial charge in [-0.1, -0.05) is 11.3 Å². The first-order valence-corrected chi connectivity index (χ1v) is 4.77. The second-order valence-corrected chi connectivity index (χ2v) is 3.79. The Morgan fingerprint density at radius 1 is 1.57 bits per heavy atom. The molecule has 0 fully saturated rings. The molecule has 0 aliphatic carbocycles. The van der Waals surface area contributed by atoms with Gasteiger partial charge in [0.15, 0.2) is 5.13 Å². The highest BCUT2D eigenvalue weighted by molar-refractivity contribution is 7.22. The molecule has 14 heavy (non-hydrogen) atoms. The van der Waals surface area contributed by atoms with Crippen LogP contribution in [0.25, 0.3) is 10.2 Å². The average molecular weight is 208 g/mol. The Kier molecular flexibility index (Phi) is 2.09. The Labute approximate surface area is 84.3 Å². The van der Waals surface area contributed by atoms with Gasteiger partial charge in [-0.25, -0.2) is 9.78 Å². The van der Waals surface area contributed by atoms with Crippen LogP contribution in [0.2, 0.25) is 0 Å². The number of nitrogens with zero attached hydrogens (tertiary/aromatic N) is 1. The number of hydrogen-bond donors (Lipinski definition) is 1. The lowest BCUT2D eigenvalue weighted by atomic mass is 10.2. The number of methoxy groups -OCH3 is 1. The number of carbonyl (C=O) groups excluding carboxylic acids is 1. The lowest BCUT2D eigenvalue weighted by Gasteiger charge is -1.97. The van der Waals surface area contributed by atoms with Crippen molar-refractivity contribution in [2.75, 3.05) is 12.8 Å². The van der Waals surface area contributed by atoms with Gasteiger partial charge >= 0.3 is 5.97 Å². The van der Waals surface area contributed by atoms with Crippen molar-refractivity contribution in [1.82, 2.24) is 4.98 Å². The molecule has 2 aromatic rings. The Hall–Kier alpha value is -1.62. The van der Waals surface area contributed by atoms with Gasteiger partial charge in [0.05, 0.1) is 22.9 Å². The van der Waals surface area contributed by atoms with E-state index in [1.54, 1.807) is 18.2 Å². The summed E-state index contributed by atoms with van der Waals surface area (Å²) in [5.41, 5.74) is 6.86. The summed E-state index contributed by atoms with van der Waals surface area (Å²) in [4.78, 5) is 15.3. The summed E-state index contributed by atoms with van der Waals surface area (Å²) in [7, 11) is 1.35. The number of nitrogen functional groups attached to an aromatic ring is 1. The van der Waals surface area contributed by atoms with Crippen LogP contribution in [-0.2, 0) is 4.74 Å². The highest BCUT2D eigenvalue weighted by Crippen LogP contribution is 2.24. The van der Waals surface area contributed by atoms with Gasteiger partial charge in [0.1, 0.15) is 0 Å². The molecule has 1 aromatic carbocycles. The minimum absolute atomic E-state index is 0.348. The third-order valence-corrected chi connectivity index (χ3v) is 2.67. The van der Waals surface area contributed by atoms with E-state index in [0.29, 0.717) is 10.7 Å². The smallest absolute Gasteiger partial charge is 0.337 e. The van der Waals surface area contributed by atoms with Crippen molar-refractivity contribution in [3.63, 3.8) is 0 Å². The summed E-state index contributed by atoms with van der Waals surface area (Å²) in [6.45, 7) is 0. The van der Waals surface area contributed by atoms with E-state index in [0.717, 1.165) is 10.2 Å². The Balaban J connectivity index is 2.55. The molecule has 0 saturated carbocycles. The number of ether oxygens (including phenoxy) is 1. The number of aromatic nitrogens is 1. The molecule has 1 aromatic heterocycles. The van der Waals surface area contributed by atoms with Gasteiger partial charge in [0.2, 0.25) is 0 Å². The molecule has 0 unspecified atom stereocenters. The van der Waals surface area contributed by atoms with Gasteiger partial charge in [-0.05, 0) is 18.2 Å². The van der Waals surface area contributed by atoms with E-state index in [1.165, 1.54) is 18.4 Å². The molecule has 2 N–H and O–H groups in total. The largest absolute Gasteiger partial charge is 0.465 e. The summed E-state index contributed by atoms with van der Waals surface area (Å²) >= 11 is 1.35. The average Bonchev–Trinajstić information content (AvgIpc) is 2.55. The fourth-order valence-electron chi connectivity index (χ4n) is 1.19. The Morgan fingerprint density at radius 3 is 3.07 bits per heavy atom. The monoisotopic (exact) mass is 208 g/mol. The first kappa shape index (κ1) is 8.96. The number of rotatable bonds is 1. The van der Waals surface area contributed by atoms with E-state index in [4.69, 9.17) is 5.73 Å². The van der Waals surface area contributed by atoms with Gasteiger partial charge in [-0.15, -0.1) is 0 Å². The zero-order valence-corrected chi connectivity index (χ0v) is 8.30. The van der Waals surface area contributed by atoms with Crippen molar-refractivity contribution in [2.24, 2.45) is 0 Å². The van der Waals surface area contributed by atoms with Crippen LogP contribution in [0.1, 0.15) is 10.4 Å². The van der Waals surface area contributed by atoms with Crippen LogP contribution in [0, 0.1) is 0 Å². The van der Waals surface area contributed by atoms with Crippen molar-refractivity contribution in [3.05, 3.63) is 23.8 Å². The zero-order valence-electron chi connectivity index (χ0n) is 7.48. The highest BCUT2D eigenvalue weighted by Gasteiger charge is 2.07. The number of hydrogen-bond acceptors (Lipinski definition) is 5. The van der Waals surface area contributed by atoms with E-state index >= 15 is 0 Å². The number of esters is 1. The molecule has 72 valence electrons. The van der Waals surface area contributed by atoms with E-state index < -0.39 is 0 Å². The van der Waals surface area contributed by atoms with E-state index in [2.05, 4.69) is 9.72 Å². The fourth-order valence-corrected chi connectivity index (χ4v) is 1.96. The maximum atomic E-state index is 11.2. The molecule has 5 heteroatoms. The summed E-state index contributed by atoms with van der Waals surface area (Å²) in [6.07, 6.45) is 0. The maximum Gasteiger partial charge on any atom is 0.337 e. The fraction of sp³-hybridized carbons (Fsp3) is 0.111. The standard InChI is InChI=1S/C9H8N2O2S/c1-13-8(12)5-2-3-6-7(4-5)14-9(10)11-6/h2-4H,1H3,(H2,10,11). The number of anilines is 1. The third-order valence-electron chi connectivity index (χ3n) is 1.83.